The molecule has 0 aliphatic heterocycles. The Labute approximate surface area is 92.3 Å². The highest BCUT2D eigenvalue weighted by Crippen LogP contribution is 2.14. The summed E-state index contributed by atoms with van der Waals surface area (Å²) < 4.78 is 17.2. The fraction of sp³-hybridized carbons (Fsp3) is 1.00. The third kappa shape index (κ3) is 9.10. The lowest BCUT2D eigenvalue weighted by Gasteiger charge is -2.31. The van der Waals surface area contributed by atoms with Gasteiger partial charge in [-0.2, -0.15) is 0 Å². The first-order chi connectivity index (χ1) is 6.14. The molecule has 0 amide bonds. The second-order valence-electron chi connectivity index (χ2n) is 5.20. The summed E-state index contributed by atoms with van der Waals surface area (Å²) in [5.41, 5.74) is 0. The monoisotopic (exact) mass is 252 g/mol. The van der Waals surface area contributed by atoms with Crippen LogP contribution in [0.25, 0.3) is 0 Å². The van der Waals surface area contributed by atoms with E-state index in [4.69, 9.17) is 13.3 Å². The van der Waals surface area contributed by atoms with Crippen LogP contribution in [0.4, 0.5) is 0 Å². The quantitative estimate of drug-likeness (QED) is 0.535. The molecule has 0 rings (SSSR count). The summed E-state index contributed by atoms with van der Waals surface area (Å²) in [5, 5.41) is 0. The Morgan fingerprint density at radius 2 is 1.21 bits per heavy atom. The Morgan fingerprint density at radius 3 is 1.43 bits per heavy atom. The van der Waals surface area contributed by atoms with E-state index >= 15 is 0 Å². The summed E-state index contributed by atoms with van der Waals surface area (Å²) in [6.45, 7) is 14.6. The molecule has 0 aromatic rings. The van der Waals surface area contributed by atoms with E-state index in [2.05, 4.69) is 45.8 Å². The van der Waals surface area contributed by atoms with Crippen molar-refractivity contribution < 1.29 is 13.3 Å². The van der Waals surface area contributed by atoms with Gasteiger partial charge in [0.1, 0.15) is 0 Å². The Kier molecular flexibility index (Phi) is 5.78. The van der Waals surface area contributed by atoms with Crippen molar-refractivity contribution >= 4 is 26.4 Å². The zero-order chi connectivity index (χ0) is 11.4. The molecule has 0 N–H and O–H groups in total. The van der Waals surface area contributed by atoms with Crippen molar-refractivity contribution in [3.63, 3.8) is 0 Å². The van der Waals surface area contributed by atoms with Gasteiger partial charge in [0.15, 0.2) is 26.4 Å². The number of hydrogen-bond donors (Lipinski definition) is 0. The molecule has 0 heterocycles. The topological polar surface area (TPSA) is 27.7 Å². The molecule has 0 fully saturated rings. The van der Waals surface area contributed by atoms with Gasteiger partial charge in [0.05, 0.1) is 0 Å². The van der Waals surface area contributed by atoms with Crippen LogP contribution in [0.2, 0.25) is 45.8 Å². The number of hydrogen-bond acceptors (Lipinski definition) is 3. The molecular weight excluding hydrogens is 228 g/mol. The lowest BCUT2D eigenvalue weighted by atomic mass is 11.4. The largest absolute Gasteiger partial charge is 0.380 e. The third-order valence-electron chi connectivity index (χ3n) is 1.20. The van der Waals surface area contributed by atoms with Crippen molar-refractivity contribution in [1.82, 2.24) is 0 Å². The van der Waals surface area contributed by atoms with Gasteiger partial charge in [-0.1, -0.05) is 6.55 Å². The first kappa shape index (κ1) is 14.5. The summed E-state index contributed by atoms with van der Waals surface area (Å²) in [7, 11) is -3.60. The number of rotatable bonds is 6. The first-order valence-electron chi connectivity index (χ1n) is 5.11. The Hall–Kier alpha value is 0.531. The highest BCUT2D eigenvalue weighted by atomic mass is 28.4. The van der Waals surface area contributed by atoms with E-state index < -0.39 is 32.9 Å². The lowest BCUT2D eigenvalue weighted by molar-refractivity contribution is -0.151. The van der Waals surface area contributed by atoms with Crippen LogP contribution in [-0.4, -0.2) is 32.9 Å². The van der Waals surface area contributed by atoms with Crippen LogP contribution >= 0.6 is 0 Å². The van der Waals surface area contributed by atoms with Crippen molar-refractivity contribution in [2.75, 3.05) is 0 Å². The molecule has 3 nitrogen and oxygen atoms in total. The molecule has 0 saturated carbocycles. The van der Waals surface area contributed by atoms with Crippen LogP contribution < -0.4 is 0 Å². The van der Waals surface area contributed by atoms with Crippen LogP contribution in [0.5, 0.6) is 0 Å². The van der Waals surface area contributed by atoms with Gasteiger partial charge in [-0.25, -0.2) is 0 Å². The normalized spacial score (nSPS) is 14.6. The molecular formula is C8H24O3Si3. The highest BCUT2D eigenvalue weighted by molar-refractivity contribution is 6.70. The van der Waals surface area contributed by atoms with E-state index in [0.29, 0.717) is 0 Å². The predicted molar refractivity (Wildman–Crippen MR) is 68.1 cm³/mol. The third-order valence-corrected chi connectivity index (χ3v) is 3.61. The molecule has 0 atom stereocenters. The summed E-state index contributed by atoms with van der Waals surface area (Å²) >= 11 is 0. The van der Waals surface area contributed by atoms with E-state index in [0.717, 1.165) is 0 Å². The molecule has 86 valence electrons. The van der Waals surface area contributed by atoms with Crippen LogP contribution in [0, 0.1) is 0 Å². The SMILES string of the molecule is C[SiH2]OC(O[Si](C)(C)C)O[Si](C)(C)C. The van der Waals surface area contributed by atoms with E-state index in [-0.39, 0.29) is 0 Å². The summed E-state index contributed by atoms with van der Waals surface area (Å²) in [6.07, 6.45) is 0. The molecule has 0 aromatic carbocycles. The van der Waals surface area contributed by atoms with Crippen molar-refractivity contribution in [3.05, 3.63) is 0 Å². The zero-order valence-corrected chi connectivity index (χ0v) is 13.9. The maximum Gasteiger partial charge on any atom is 0.242 e. The molecule has 0 aliphatic rings. The van der Waals surface area contributed by atoms with Gasteiger partial charge in [-0.05, 0) is 39.3 Å². The van der Waals surface area contributed by atoms with Crippen LogP contribution in [0.15, 0.2) is 0 Å². The van der Waals surface area contributed by atoms with Gasteiger partial charge in [0.25, 0.3) is 0 Å². The van der Waals surface area contributed by atoms with Crippen molar-refractivity contribution in [1.29, 1.82) is 0 Å². The second-order valence-corrected chi connectivity index (χ2v) is 15.0. The summed E-state index contributed by atoms with van der Waals surface area (Å²) in [4.78, 5) is 0. The molecule has 0 radical (unpaired) electrons. The Bertz CT molecular complexity index is 146. The molecule has 14 heavy (non-hydrogen) atoms. The molecule has 0 bridgehead atoms. The van der Waals surface area contributed by atoms with E-state index in [1.54, 1.807) is 0 Å². The van der Waals surface area contributed by atoms with Crippen LogP contribution in [0.3, 0.4) is 0 Å². The smallest absolute Gasteiger partial charge is 0.242 e. The fourth-order valence-corrected chi connectivity index (χ4v) is 2.97. The molecule has 0 aromatic heterocycles. The van der Waals surface area contributed by atoms with E-state index in [1.807, 2.05) is 0 Å². The average Bonchev–Trinajstić information content (AvgIpc) is 1.78. The molecule has 0 spiro atoms. The van der Waals surface area contributed by atoms with Crippen molar-refractivity contribution in [3.8, 4) is 0 Å². The molecule has 0 unspecified atom stereocenters. The van der Waals surface area contributed by atoms with Crippen molar-refractivity contribution in [2.24, 2.45) is 0 Å². The minimum atomic E-state index is -1.56. The van der Waals surface area contributed by atoms with Crippen LogP contribution in [-0.2, 0) is 13.3 Å². The van der Waals surface area contributed by atoms with Gasteiger partial charge < -0.3 is 13.3 Å². The van der Waals surface area contributed by atoms with Gasteiger partial charge in [-0.15, -0.1) is 0 Å². The average molecular weight is 253 g/mol. The predicted octanol–water partition coefficient (Wildman–Crippen LogP) is 2.12. The van der Waals surface area contributed by atoms with Gasteiger partial charge in [-0.3, -0.25) is 0 Å². The fourth-order valence-electron chi connectivity index (χ4n) is 0.806. The lowest BCUT2D eigenvalue weighted by Crippen LogP contribution is -2.41. The zero-order valence-electron chi connectivity index (χ0n) is 10.5. The highest BCUT2D eigenvalue weighted by Gasteiger charge is 2.26. The van der Waals surface area contributed by atoms with E-state index in [9.17, 15) is 0 Å². The maximum atomic E-state index is 5.82. The summed E-state index contributed by atoms with van der Waals surface area (Å²) in [5.74, 6) is 0. The maximum absolute atomic E-state index is 5.82. The second kappa shape index (κ2) is 5.57. The van der Waals surface area contributed by atoms with E-state index in [1.165, 1.54) is 0 Å². The standard InChI is InChI=1S/C8H24O3Si3/c1-12-9-8(10-13(2,3)4)11-14(5,6)7/h8H,12H2,1-7H3. The summed E-state index contributed by atoms with van der Waals surface area (Å²) in [6, 6.07) is 0. The van der Waals surface area contributed by atoms with Gasteiger partial charge in [0, 0.05) is 0 Å². The van der Waals surface area contributed by atoms with Gasteiger partial charge >= 0.3 is 0 Å². The molecule has 0 saturated heterocycles. The molecule has 0 aliphatic carbocycles. The Balaban J connectivity index is 4.16. The van der Waals surface area contributed by atoms with Gasteiger partial charge in [0.2, 0.25) is 6.48 Å². The first-order valence-corrected chi connectivity index (χ1v) is 13.9. The minimum absolute atomic E-state index is 0.398. The Morgan fingerprint density at radius 1 is 0.857 bits per heavy atom. The molecule has 6 heteroatoms. The van der Waals surface area contributed by atoms with Crippen molar-refractivity contribution in [2.45, 2.75) is 52.3 Å². The minimum Gasteiger partial charge on any atom is -0.380 e. The van der Waals surface area contributed by atoms with Crippen LogP contribution in [0.1, 0.15) is 0 Å².